The molecule has 3 aromatic rings. The van der Waals surface area contributed by atoms with Crippen LogP contribution in [0.1, 0.15) is 9.67 Å². The Kier molecular flexibility index (Phi) is 5.60. The van der Waals surface area contributed by atoms with Gasteiger partial charge in [-0.3, -0.25) is 10.1 Å². The summed E-state index contributed by atoms with van der Waals surface area (Å²) in [4.78, 5) is 27.8. The number of para-hydroxylation sites is 1. The van der Waals surface area contributed by atoms with Gasteiger partial charge in [0, 0.05) is 5.56 Å². The van der Waals surface area contributed by atoms with Gasteiger partial charge < -0.3 is 9.47 Å². The summed E-state index contributed by atoms with van der Waals surface area (Å²) in [7, 11) is 1.29. The molecule has 0 fully saturated rings. The lowest BCUT2D eigenvalue weighted by atomic mass is 10.1. The van der Waals surface area contributed by atoms with Crippen molar-refractivity contribution >= 4 is 28.3 Å². The Morgan fingerprint density at radius 1 is 1.08 bits per heavy atom. The molecule has 0 saturated carbocycles. The number of carbonyl (C=O) groups excluding carboxylic acids is 2. The van der Waals surface area contributed by atoms with E-state index in [2.05, 4.69) is 15.0 Å². The Bertz CT molecular complexity index is 909. The van der Waals surface area contributed by atoms with Gasteiger partial charge in [-0.05, 0) is 11.6 Å². The lowest BCUT2D eigenvalue weighted by molar-refractivity contribution is -0.118. The molecule has 6 nitrogen and oxygen atoms in total. The fourth-order valence-electron chi connectivity index (χ4n) is 2.27. The molecule has 0 aliphatic rings. The molecule has 0 spiro atoms. The summed E-state index contributed by atoms with van der Waals surface area (Å²) in [5, 5.41) is 2.92. The van der Waals surface area contributed by atoms with Crippen LogP contribution in [0, 0.1) is 0 Å². The van der Waals surface area contributed by atoms with Gasteiger partial charge in [0.1, 0.15) is 10.6 Å². The van der Waals surface area contributed by atoms with Crippen molar-refractivity contribution in [2.45, 2.75) is 0 Å². The van der Waals surface area contributed by atoms with Crippen LogP contribution in [0.25, 0.3) is 11.1 Å². The zero-order valence-electron chi connectivity index (χ0n) is 14.0. The van der Waals surface area contributed by atoms with Gasteiger partial charge in [0.05, 0.1) is 13.3 Å². The quantitative estimate of drug-likeness (QED) is 0.673. The van der Waals surface area contributed by atoms with Crippen molar-refractivity contribution in [3.8, 4) is 16.9 Å². The van der Waals surface area contributed by atoms with E-state index in [1.807, 2.05) is 54.6 Å². The van der Waals surface area contributed by atoms with Gasteiger partial charge in [0.15, 0.2) is 11.7 Å². The van der Waals surface area contributed by atoms with Gasteiger partial charge in [0.2, 0.25) is 0 Å². The van der Waals surface area contributed by atoms with Gasteiger partial charge in [-0.1, -0.05) is 59.9 Å². The first-order valence-corrected chi connectivity index (χ1v) is 8.60. The number of benzene rings is 2. The van der Waals surface area contributed by atoms with E-state index in [1.54, 1.807) is 0 Å². The van der Waals surface area contributed by atoms with Crippen molar-refractivity contribution < 1.29 is 19.1 Å². The smallest absolute Gasteiger partial charge is 0.349 e. The van der Waals surface area contributed by atoms with Gasteiger partial charge in [-0.15, -0.1) is 0 Å². The number of anilines is 1. The standard InChI is InChI=1S/C19H16N2O4S/c1-24-18(23)16-11-20-19(26-16)21-17(22)12-25-15-10-6-5-9-14(15)13-7-3-2-4-8-13/h2-11H,12H2,1H3,(H,20,21,22). The summed E-state index contributed by atoms with van der Waals surface area (Å²) >= 11 is 1.04. The number of ether oxygens (including phenoxy) is 2. The van der Waals surface area contributed by atoms with Crippen LogP contribution in [-0.2, 0) is 9.53 Å². The van der Waals surface area contributed by atoms with E-state index in [9.17, 15) is 9.59 Å². The third-order valence-electron chi connectivity index (χ3n) is 3.47. The maximum Gasteiger partial charge on any atom is 0.349 e. The number of amides is 1. The normalized spacial score (nSPS) is 10.2. The molecule has 0 unspecified atom stereocenters. The van der Waals surface area contributed by atoms with Crippen molar-refractivity contribution in [2.24, 2.45) is 0 Å². The first-order valence-electron chi connectivity index (χ1n) is 7.78. The number of nitrogens with zero attached hydrogens (tertiary/aromatic N) is 1. The molecule has 7 heteroatoms. The highest BCUT2D eigenvalue weighted by molar-refractivity contribution is 7.17. The minimum atomic E-state index is -0.490. The van der Waals surface area contributed by atoms with Crippen LogP contribution >= 0.6 is 11.3 Å². The molecule has 2 aromatic carbocycles. The molecular formula is C19H16N2O4S. The summed E-state index contributed by atoms with van der Waals surface area (Å²) in [5.74, 6) is -0.238. The third-order valence-corrected chi connectivity index (χ3v) is 4.36. The number of nitrogens with one attached hydrogen (secondary N) is 1. The molecule has 3 rings (SSSR count). The largest absolute Gasteiger partial charge is 0.483 e. The Morgan fingerprint density at radius 3 is 2.58 bits per heavy atom. The minimum Gasteiger partial charge on any atom is -0.483 e. The summed E-state index contributed by atoms with van der Waals surface area (Å²) in [5.41, 5.74) is 1.91. The second-order valence-corrected chi connectivity index (χ2v) is 6.25. The van der Waals surface area contributed by atoms with Crippen LogP contribution in [0.3, 0.4) is 0 Å². The fraction of sp³-hybridized carbons (Fsp3) is 0.105. The number of aromatic nitrogens is 1. The topological polar surface area (TPSA) is 77.5 Å². The van der Waals surface area contributed by atoms with E-state index in [0.29, 0.717) is 15.8 Å². The lowest BCUT2D eigenvalue weighted by Crippen LogP contribution is -2.20. The van der Waals surface area contributed by atoms with Gasteiger partial charge in [-0.25, -0.2) is 9.78 Å². The van der Waals surface area contributed by atoms with Crippen LogP contribution in [-0.4, -0.2) is 30.6 Å². The highest BCUT2D eigenvalue weighted by atomic mass is 32.1. The molecule has 0 aliphatic carbocycles. The van der Waals surface area contributed by atoms with E-state index < -0.39 is 5.97 Å². The van der Waals surface area contributed by atoms with E-state index in [-0.39, 0.29) is 12.5 Å². The molecule has 0 radical (unpaired) electrons. The molecule has 1 heterocycles. The number of carbonyl (C=O) groups is 2. The monoisotopic (exact) mass is 368 g/mol. The summed E-state index contributed by atoms with van der Waals surface area (Å²) in [6.45, 7) is -0.170. The van der Waals surface area contributed by atoms with Crippen molar-refractivity contribution in [1.29, 1.82) is 0 Å². The van der Waals surface area contributed by atoms with E-state index in [0.717, 1.165) is 22.5 Å². The minimum absolute atomic E-state index is 0.170. The second kappa shape index (κ2) is 8.26. The SMILES string of the molecule is COC(=O)c1cnc(NC(=O)COc2ccccc2-c2ccccc2)s1. The number of hydrogen-bond acceptors (Lipinski definition) is 6. The average Bonchev–Trinajstić information content (AvgIpc) is 3.15. The third kappa shape index (κ3) is 4.25. The van der Waals surface area contributed by atoms with E-state index >= 15 is 0 Å². The van der Waals surface area contributed by atoms with E-state index in [1.165, 1.54) is 13.3 Å². The average molecular weight is 368 g/mol. The molecular weight excluding hydrogens is 352 g/mol. The Morgan fingerprint density at radius 2 is 1.81 bits per heavy atom. The maximum absolute atomic E-state index is 12.1. The first kappa shape index (κ1) is 17.6. The predicted octanol–water partition coefficient (Wildman–Crippen LogP) is 3.61. The first-order chi connectivity index (χ1) is 12.7. The number of esters is 1. The predicted molar refractivity (Wildman–Crippen MR) is 99.5 cm³/mol. The zero-order valence-corrected chi connectivity index (χ0v) is 14.8. The Balaban J connectivity index is 1.64. The van der Waals surface area contributed by atoms with Crippen LogP contribution in [0.4, 0.5) is 5.13 Å². The van der Waals surface area contributed by atoms with Crippen LogP contribution in [0.15, 0.2) is 60.8 Å². The van der Waals surface area contributed by atoms with Crippen molar-refractivity contribution in [1.82, 2.24) is 4.98 Å². The van der Waals surface area contributed by atoms with Crippen molar-refractivity contribution in [3.63, 3.8) is 0 Å². The molecule has 0 saturated heterocycles. The molecule has 132 valence electrons. The Hall–Kier alpha value is -3.19. The van der Waals surface area contributed by atoms with E-state index in [4.69, 9.17) is 4.74 Å². The molecule has 1 N–H and O–H groups in total. The van der Waals surface area contributed by atoms with Gasteiger partial charge >= 0.3 is 5.97 Å². The number of hydrogen-bond donors (Lipinski definition) is 1. The molecule has 1 amide bonds. The van der Waals surface area contributed by atoms with Gasteiger partial charge in [0.25, 0.3) is 5.91 Å². The number of methoxy groups -OCH3 is 1. The summed E-state index contributed by atoms with van der Waals surface area (Å²) in [6, 6.07) is 17.3. The fourth-order valence-corrected chi connectivity index (χ4v) is 3.02. The van der Waals surface area contributed by atoms with Crippen LogP contribution in [0.5, 0.6) is 5.75 Å². The second-order valence-electron chi connectivity index (χ2n) is 5.22. The number of rotatable bonds is 6. The summed E-state index contributed by atoms with van der Waals surface area (Å²) < 4.78 is 10.3. The van der Waals surface area contributed by atoms with Crippen molar-refractivity contribution in [3.05, 3.63) is 65.7 Å². The van der Waals surface area contributed by atoms with Crippen LogP contribution < -0.4 is 10.1 Å². The molecule has 26 heavy (non-hydrogen) atoms. The molecule has 0 bridgehead atoms. The molecule has 0 aliphatic heterocycles. The Labute approximate surface area is 154 Å². The van der Waals surface area contributed by atoms with Gasteiger partial charge in [-0.2, -0.15) is 0 Å². The summed E-state index contributed by atoms with van der Waals surface area (Å²) in [6.07, 6.45) is 1.36. The van der Waals surface area contributed by atoms with Crippen molar-refractivity contribution in [2.75, 3.05) is 19.0 Å². The zero-order chi connectivity index (χ0) is 18.4. The molecule has 0 atom stereocenters. The lowest BCUT2D eigenvalue weighted by Gasteiger charge is -2.11. The highest BCUT2D eigenvalue weighted by Gasteiger charge is 2.13. The molecule has 1 aromatic heterocycles. The van der Waals surface area contributed by atoms with Crippen LogP contribution in [0.2, 0.25) is 0 Å². The maximum atomic E-state index is 12.1. The number of thiazole rings is 1. The highest BCUT2D eigenvalue weighted by Crippen LogP contribution is 2.29.